The number of carboxylic acid groups (broad SMARTS) is 1. The van der Waals surface area contributed by atoms with Crippen LogP contribution in [-0.2, 0) is 0 Å². The number of benzene rings is 2. The number of nitrogens with zero attached hydrogens (tertiary/aromatic N) is 1. The largest absolute Gasteiger partial charge is 0.478 e. The molecule has 0 spiro atoms. The highest BCUT2D eigenvalue weighted by atomic mass is 79.9. The Labute approximate surface area is 144 Å². The number of hydrogen-bond acceptors (Lipinski definition) is 2. The van der Waals surface area contributed by atoms with E-state index < -0.39 is 5.97 Å². The Morgan fingerprint density at radius 3 is 2.41 bits per heavy atom. The van der Waals surface area contributed by atoms with E-state index in [1.165, 1.54) is 0 Å². The molecular formula is C17H11Br2NO2. The number of carbonyl (C=O) groups is 1. The fourth-order valence-corrected chi connectivity index (χ4v) is 3.29. The number of fused-ring (bicyclic) bond motifs is 1. The summed E-state index contributed by atoms with van der Waals surface area (Å²) >= 11 is 6.88. The van der Waals surface area contributed by atoms with E-state index in [1.807, 2.05) is 43.3 Å². The van der Waals surface area contributed by atoms with Gasteiger partial charge in [0.05, 0.1) is 16.8 Å². The highest BCUT2D eigenvalue weighted by Crippen LogP contribution is 2.31. The molecule has 3 nitrogen and oxygen atoms in total. The summed E-state index contributed by atoms with van der Waals surface area (Å²) in [4.78, 5) is 16.3. The number of aryl methyl sites for hydroxylation is 1. The molecule has 0 atom stereocenters. The third-order valence-corrected chi connectivity index (χ3v) is 4.51. The number of pyridine rings is 1. The molecule has 0 amide bonds. The second kappa shape index (κ2) is 5.82. The van der Waals surface area contributed by atoms with Crippen molar-refractivity contribution in [2.24, 2.45) is 0 Å². The molecule has 0 saturated carbocycles. The van der Waals surface area contributed by atoms with E-state index in [0.717, 1.165) is 20.1 Å². The number of aromatic nitrogens is 1. The summed E-state index contributed by atoms with van der Waals surface area (Å²) in [6.07, 6.45) is 0. The van der Waals surface area contributed by atoms with Crippen molar-refractivity contribution in [1.82, 2.24) is 4.98 Å². The van der Waals surface area contributed by atoms with Gasteiger partial charge < -0.3 is 5.11 Å². The van der Waals surface area contributed by atoms with Crippen molar-refractivity contribution in [2.45, 2.75) is 6.92 Å². The molecule has 1 heterocycles. The van der Waals surface area contributed by atoms with Crippen LogP contribution in [0, 0.1) is 6.92 Å². The maximum atomic E-state index is 11.6. The van der Waals surface area contributed by atoms with Crippen LogP contribution in [0.4, 0.5) is 0 Å². The van der Waals surface area contributed by atoms with Gasteiger partial charge in [-0.05, 0) is 58.7 Å². The Hall–Kier alpha value is -1.72. The second-order valence-corrected chi connectivity index (χ2v) is 6.78. The minimum Gasteiger partial charge on any atom is -0.478 e. The fraction of sp³-hybridized carbons (Fsp3) is 0.0588. The average Bonchev–Trinajstić information content (AvgIpc) is 2.47. The van der Waals surface area contributed by atoms with Gasteiger partial charge in [0.25, 0.3) is 0 Å². The van der Waals surface area contributed by atoms with Gasteiger partial charge in [-0.15, -0.1) is 0 Å². The normalized spacial score (nSPS) is 10.9. The zero-order chi connectivity index (χ0) is 15.9. The maximum Gasteiger partial charge on any atom is 0.336 e. The van der Waals surface area contributed by atoms with E-state index in [9.17, 15) is 9.90 Å². The summed E-state index contributed by atoms with van der Waals surface area (Å²) in [5.41, 5.74) is 3.41. The number of aromatic carboxylic acids is 1. The predicted octanol–water partition coefficient (Wildman–Crippen LogP) is 5.43. The van der Waals surface area contributed by atoms with Crippen LogP contribution in [0.2, 0.25) is 0 Å². The Kier molecular flexibility index (Phi) is 4.02. The first kappa shape index (κ1) is 15.2. The molecule has 0 bridgehead atoms. The fourth-order valence-electron chi connectivity index (χ4n) is 2.37. The van der Waals surface area contributed by atoms with E-state index in [-0.39, 0.29) is 5.56 Å². The summed E-state index contributed by atoms with van der Waals surface area (Å²) in [7, 11) is 0. The molecule has 110 valence electrons. The summed E-state index contributed by atoms with van der Waals surface area (Å²) in [5, 5.41) is 10.2. The molecule has 0 unspecified atom stereocenters. The Morgan fingerprint density at radius 2 is 1.77 bits per heavy atom. The lowest BCUT2D eigenvalue weighted by Gasteiger charge is -2.09. The number of carboxylic acids is 1. The predicted molar refractivity (Wildman–Crippen MR) is 94.3 cm³/mol. The van der Waals surface area contributed by atoms with Gasteiger partial charge in [-0.3, -0.25) is 0 Å². The average molecular weight is 421 g/mol. The molecule has 5 heteroatoms. The van der Waals surface area contributed by atoms with E-state index in [4.69, 9.17) is 0 Å². The van der Waals surface area contributed by atoms with E-state index >= 15 is 0 Å². The van der Waals surface area contributed by atoms with Crippen LogP contribution < -0.4 is 0 Å². The third kappa shape index (κ3) is 2.78. The van der Waals surface area contributed by atoms with Crippen LogP contribution >= 0.6 is 31.9 Å². The van der Waals surface area contributed by atoms with Gasteiger partial charge >= 0.3 is 5.97 Å². The van der Waals surface area contributed by atoms with Gasteiger partial charge in [0.2, 0.25) is 0 Å². The molecule has 0 aliphatic rings. The van der Waals surface area contributed by atoms with Crippen molar-refractivity contribution in [3.63, 3.8) is 0 Å². The topological polar surface area (TPSA) is 50.2 Å². The minimum atomic E-state index is -0.955. The molecule has 3 rings (SSSR count). The summed E-state index contributed by atoms with van der Waals surface area (Å²) in [5.74, 6) is -0.955. The Bertz CT molecular complexity index is 889. The highest BCUT2D eigenvalue weighted by molar-refractivity contribution is 9.11. The zero-order valence-corrected chi connectivity index (χ0v) is 14.8. The van der Waals surface area contributed by atoms with Gasteiger partial charge in [0.1, 0.15) is 0 Å². The van der Waals surface area contributed by atoms with Gasteiger partial charge in [-0.25, -0.2) is 9.78 Å². The molecular weight excluding hydrogens is 410 g/mol. The van der Waals surface area contributed by atoms with Crippen LogP contribution in [0.1, 0.15) is 15.9 Å². The van der Waals surface area contributed by atoms with Crippen LogP contribution in [0.15, 0.2) is 51.4 Å². The first-order chi connectivity index (χ1) is 10.5. The van der Waals surface area contributed by atoms with E-state index in [0.29, 0.717) is 16.6 Å². The lowest BCUT2D eigenvalue weighted by Crippen LogP contribution is -2.01. The van der Waals surface area contributed by atoms with E-state index in [2.05, 4.69) is 36.8 Å². The zero-order valence-electron chi connectivity index (χ0n) is 11.6. The van der Waals surface area contributed by atoms with E-state index in [1.54, 1.807) is 6.07 Å². The third-order valence-electron chi connectivity index (χ3n) is 3.38. The molecule has 22 heavy (non-hydrogen) atoms. The standard InChI is InChI=1S/C17H11Br2NO2/c1-9-6-12-13(17(21)22)8-15(20-16(12)14(19)7-9)10-2-4-11(18)5-3-10/h2-8H,1H3,(H,21,22). The first-order valence-electron chi connectivity index (χ1n) is 6.56. The van der Waals surface area contributed by atoms with Crippen molar-refractivity contribution >= 4 is 48.7 Å². The van der Waals surface area contributed by atoms with Crippen molar-refractivity contribution < 1.29 is 9.90 Å². The highest BCUT2D eigenvalue weighted by Gasteiger charge is 2.15. The van der Waals surface area contributed by atoms with Crippen LogP contribution in [-0.4, -0.2) is 16.1 Å². The van der Waals surface area contributed by atoms with Gasteiger partial charge in [0, 0.05) is 19.9 Å². The molecule has 0 fully saturated rings. The van der Waals surface area contributed by atoms with Gasteiger partial charge in [-0.1, -0.05) is 28.1 Å². The summed E-state index contributed by atoms with van der Waals surface area (Å²) < 4.78 is 1.76. The van der Waals surface area contributed by atoms with Crippen molar-refractivity contribution in [2.75, 3.05) is 0 Å². The number of rotatable bonds is 2. The van der Waals surface area contributed by atoms with Crippen molar-refractivity contribution in [3.8, 4) is 11.3 Å². The quantitative estimate of drug-likeness (QED) is 0.600. The lowest BCUT2D eigenvalue weighted by atomic mass is 10.0. The first-order valence-corrected chi connectivity index (χ1v) is 8.14. The Balaban J connectivity index is 2.34. The van der Waals surface area contributed by atoms with Crippen molar-refractivity contribution in [3.05, 3.63) is 62.5 Å². The number of hydrogen-bond donors (Lipinski definition) is 1. The molecule has 1 aromatic heterocycles. The van der Waals surface area contributed by atoms with Crippen LogP contribution in [0.3, 0.4) is 0 Å². The van der Waals surface area contributed by atoms with Crippen LogP contribution in [0.5, 0.6) is 0 Å². The molecule has 1 N–H and O–H groups in total. The summed E-state index contributed by atoms with van der Waals surface area (Å²) in [6, 6.07) is 13.0. The molecule has 0 aliphatic heterocycles. The molecule has 0 aliphatic carbocycles. The van der Waals surface area contributed by atoms with Crippen LogP contribution in [0.25, 0.3) is 22.2 Å². The summed E-state index contributed by atoms with van der Waals surface area (Å²) in [6.45, 7) is 1.93. The molecule has 0 radical (unpaired) electrons. The maximum absolute atomic E-state index is 11.6. The monoisotopic (exact) mass is 419 g/mol. The smallest absolute Gasteiger partial charge is 0.336 e. The minimum absolute atomic E-state index is 0.257. The van der Waals surface area contributed by atoms with Gasteiger partial charge in [0.15, 0.2) is 0 Å². The molecule has 3 aromatic rings. The Morgan fingerprint density at radius 1 is 1.09 bits per heavy atom. The SMILES string of the molecule is Cc1cc(Br)c2nc(-c3ccc(Br)cc3)cc(C(=O)O)c2c1. The second-order valence-electron chi connectivity index (χ2n) is 5.01. The van der Waals surface area contributed by atoms with Gasteiger partial charge in [-0.2, -0.15) is 0 Å². The van der Waals surface area contributed by atoms with Crippen molar-refractivity contribution in [1.29, 1.82) is 0 Å². The number of halogens is 2. The lowest BCUT2D eigenvalue weighted by molar-refractivity contribution is 0.0699. The molecule has 0 saturated heterocycles. The molecule has 2 aromatic carbocycles.